The molecule has 0 aromatic carbocycles. The number of rotatable bonds is 6. The molecular weight excluding hydrogens is 218 g/mol. The molecule has 0 amide bonds. The molecule has 0 atom stereocenters. The highest BCUT2D eigenvalue weighted by Crippen LogP contribution is 2.36. The third-order valence-corrected chi connectivity index (χ3v) is 4.56. The van der Waals surface area contributed by atoms with Gasteiger partial charge >= 0.3 is 0 Å². The maximum atomic E-state index is 9.46. The van der Waals surface area contributed by atoms with Crippen molar-refractivity contribution in [2.45, 2.75) is 32.1 Å². The van der Waals surface area contributed by atoms with Crippen molar-refractivity contribution < 1.29 is 5.11 Å². The zero-order valence-electron chi connectivity index (χ0n) is 9.74. The van der Waals surface area contributed by atoms with Gasteiger partial charge in [-0.05, 0) is 37.3 Å². The lowest BCUT2D eigenvalue weighted by molar-refractivity contribution is 0.129. The van der Waals surface area contributed by atoms with Crippen molar-refractivity contribution in [1.29, 1.82) is 0 Å². The molecular formula is C13H21NOS. The van der Waals surface area contributed by atoms with Gasteiger partial charge in [0.25, 0.3) is 0 Å². The van der Waals surface area contributed by atoms with Gasteiger partial charge in [-0.3, -0.25) is 0 Å². The van der Waals surface area contributed by atoms with Crippen molar-refractivity contribution in [2.75, 3.05) is 19.7 Å². The van der Waals surface area contributed by atoms with Crippen LogP contribution in [0.5, 0.6) is 0 Å². The first-order valence-electron chi connectivity index (χ1n) is 6.19. The average molecular weight is 239 g/mol. The average Bonchev–Trinajstić information content (AvgIpc) is 2.97. The quantitative estimate of drug-likeness (QED) is 0.747. The molecule has 1 aromatic rings. The van der Waals surface area contributed by atoms with E-state index >= 15 is 0 Å². The largest absolute Gasteiger partial charge is 0.396 e. The summed E-state index contributed by atoms with van der Waals surface area (Å²) in [6.07, 6.45) is 6.06. The Labute approximate surface area is 102 Å². The summed E-state index contributed by atoms with van der Waals surface area (Å²) < 4.78 is 0. The van der Waals surface area contributed by atoms with Crippen LogP contribution in [0.2, 0.25) is 0 Å². The van der Waals surface area contributed by atoms with Crippen LogP contribution in [0.1, 0.15) is 30.6 Å². The van der Waals surface area contributed by atoms with Crippen molar-refractivity contribution >= 4 is 11.3 Å². The molecule has 1 fully saturated rings. The first-order chi connectivity index (χ1) is 7.85. The molecule has 0 bridgehead atoms. The molecule has 1 heterocycles. The monoisotopic (exact) mass is 239 g/mol. The minimum absolute atomic E-state index is 0.190. The second-order valence-corrected chi connectivity index (χ2v) is 5.90. The molecule has 1 aliphatic rings. The van der Waals surface area contributed by atoms with Gasteiger partial charge in [-0.15, -0.1) is 11.3 Å². The summed E-state index contributed by atoms with van der Waals surface area (Å²) in [6, 6.07) is 4.29. The Hall–Kier alpha value is -0.380. The summed E-state index contributed by atoms with van der Waals surface area (Å²) in [5, 5.41) is 15.1. The first kappa shape index (κ1) is 12.1. The van der Waals surface area contributed by atoms with E-state index in [-0.39, 0.29) is 5.41 Å². The molecule has 0 aliphatic heterocycles. The van der Waals surface area contributed by atoms with Crippen molar-refractivity contribution in [1.82, 2.24) is 5.32 Å². The van der Waals surface area contributed by atoms with Crippen molar-refractivity contribution in [2.24, 2.45) is 5.41 Å². The number of hydrogen-bond acceptors (Lipinski definition) is 3. The van der Waals surface area contributed by atoms with Crippen LogP contribution in [0.3, 0.4) is 0 Å². The Bertz CT molecular complexity index is 291. The predicted molar refractivity (Wildman–Crippen MR) is 68.9 cm³/mol. The van der Waals surface area contributed by atoms with Crippen molar-refractivity contribution in [3.05, 3.63) is 22.4 Å². The lowest BCUT2D eigenvalue weighted by atomic mass is 9.87. The molecule has 2 nitrogen and oxygen atoms in total. The summed E-state index contributed by atoms with van der Waals surface area (Å²) in [5.41, 5.74) is 0.190. The van der Waals surface area contributed by atoms with E-state index in [1.54, 1.807) is 0 Å². The van der Waals surface area contributed by atoms with E-state index < -0.39 is 0 Å². The summed E-state index contributed by atoms with van der Waals surface area (Å²) in [6.45, 7) is 2.36. The normalized spacial score (nSPS) is 19.1. The van der Waals surface area contributed by atoms with Crippen molar-refractivity contribution in [3.63, 3.8) is 0 Å². The van der Waals surface area contributed by atoms with E-state index in [0.717, 1.165) is 19.5 Å². The maximum absolute atomic E-state index is 9.46. The molecule has 90 valence electrons. The third-order valence-electron chi connectivity index (χ3n) is 3.63. The number of aliphatic hydroxyl groups is 1. The molecule has 0 unspecified atom stereocenters. The van der Waals surface area contributed by atoms with Gasteiger partial charge in [0.15, 0.2) is 0 Å². The molecule has 16 heavy (non-hydrogen) atoms. The second kappa shape index (κ2) is 5.80. The molecule has 2 rings (SSSR count). The minimum atomic E-state index is 0.190. The highest BCUT2D eigenvalue weighted by Gasteiger charge is 2.32. The molecule has 0 radical (unpaired) electrons. The Kier molecular flexibility index (Phi) is 4.38. The van der Waals surface area contributed by atoms with Crippen LogP contribution in [0.4, 0.5) is 0 Å². The van der Waals surface area contributed by atoms with Crippen LogP contribution < -0.4 is 5.32 Å². The van der Waals surface area contributed by atoms with Gasteiger partial charge in [-0.1, -0.05) is 18.9 Å². The van der Waals surface area contributed by atoms with Crippen LogP contribution in [0.25, 0.3) is 0 Å². The van der Waals surface area contributed by atoms with Crippen LogP contribution in [-0.2, 0) is 6.42 Å². The molecule has 1 aliphatic carbocycles. The number of nitrogens with one attached hydrogen (secondary N) is 1. The summed E-state index contributed by atoms with van der Waals surface area (Å²) in [7, 11) is 0. The van der Waals surface area contributed by atoms with E-state index in [0.29, 0.717) is 6.61 Å². The molecule has 3 heteroatoms. The fraction of sp³-hybridized carbons (Fsp3) is 0.692. The van der Waals surface area contributed by atoms with Gasteiger partial charge in [0, 0.05) is 23.4 Å². The Morgan fingerprint density at radius 2 is 2.19 bits per heavy atom. The molecule has 2 N–H and O–H groups in total. The van der Waals surface area contributed by atoms with Crippen molar-refractivity contribution in [3.8, 4) is 0 Å². The Morgan fingerprint density at radius 3 is 2.81 bits per heavy atom. The standard InChI is InChI=1S/C13H21NOS/c15-11-13(6-1-2-7-13)10-14-8-5-12-4-3-9-16-12/h3-4,9,14-15H,1-2,5-8,10-11H2. The topological polar surface area (TPSA) is 32.3 Å². The van der Waals surface area contributed by atoms with Gasteiger partial charge in [-0.25, -0.2) is 0 Å². The number of thiophene rings is 1. The number of hydrogen-bond donors (Lipinski definition) is 2. The fourth-order valence-electron chi connectivity index (χ4n) is 2.54. The van der Waals surface area contributed by atoms with Crippen LogP contribution in [-0.4, -0.2) is 24.8 Å². The molecule has 0 spiro atoms. The maximum Gasteiger partial charge on any atom is 0.0499 e. The summed E-state index contributed by atoms with van der Waals surface area (Å²) >= 11 is 1.82. The molecule has 1 aromatic heterocycles. The minimum Gasteiger partial charge on any atom is -0.396 e. The third kappa shape index (κ3) is 3.06. The Balaban J connectivity index is 1.67. The van der Waals surface area contributed by atoms with E-state index in [2.05, 4.69) is 22.8 Å². The lowest BCUT2D eigenvalue weighted by Crippen LogP contribution is -2.35. The summed E-state index contributed by atoms with van der Waals surface area (Å²) in [4.78, 5) is 1.44. The van der Waals surface area contributed by atoms with Gasteiger partial charge in [0.2, 0.25) is 0 Å². The van der Waals surface area contributed by atoms with Crippen LogP contribution >= 0.6 is 11.3 Å². The lowest BCUT2D eigenvalue weighted by Gasteiger charge is -2.26. The summed E-state index contributed by atoms with van der Waals surface area (Å²) in [5.74, 6) is 0. The zero-order valence-corrected chi connectivity index (χ0v) is 10.6. The smallest absolute Gasteiger partial charge is 0.0499 e. The van der Waals surface area contributed by atoms with Gasteiger partial charge < -0.3 is 10.4 Å². The second-order valence-electron chi connectivity index (χ2n) is 4.87. The van der Waals surface area contributed by atoms with Crippen LogP contribution in [0.15, 0.2) is 17.5 Å². The van der Waals surface area contributed by atoms with E-state index in [1.165, 1.54) is 30.6 Å². The Morgan fingerprint density at radius 1 is 1.38 bits per heavy atom. The van der Waals surface area contributed by atoms with Crippen LogP contribution in [0, 0.1) is 5.41 Å². The van der Waals surface area contributed by atoms with E-state index in [4.69, 9.17) is 0 Å². The van der Waals surface area contributed by atoms with Gasteiger partial charge in [-0.2, -0.15) is 0 Å². The first-order valence-corrected chi connectivity index (χ1v) is 7.07. The molecule has 0 saturated heterocycles. The van der Waals surface area contributed by atoms with E-state index in [9.17, 15) is 5.11 Å². The van der Waals surface area contributed by atoms with Gasteiger partial charge in [0.05, 0.1) is 0 Å². The highest BCUT2D eigenvalue weighted by molar-refractivity contribution is 7.09. The highest BCUT2D eigenvalue weighted by atomic mass is 32.1. The SMILES string of the molecule is OCC1(CNCCc2cccs2)CCCC1. The predicted octanol–water partition coefficient (Wildman–Crippen LogP) is 2.43. The van der Waals surface area contributed by atoms with Gasteiger partial charge in [0.1, 0.15) is 0 Å². The fourth-order valence-corrected chi connectivity index (χ4v) is 3.24. The van der Waals surface area contributed by atoms with E-state index in [1.807, 2.05) is 11.3 Å². The molecule has 1 saturated carbocycles. The zero-order chi connectivity index (χ0) is 11.3. The number of aliphatic hydroxyl groups excluding tert-OH is 1.